The van der Waals surface area contributed by atoms with Crippen molar-refractivity contribution in [3.05, 3.63) is 63.8 Å². The summed E-state index contributed by atoms with van der Waals surface area (Å²) in [5.74, 6) is 0.0669. The molecular weight excluding hydrogens is 268 g/mol. The number of rotatable bonds is 3. The van der Waals surface area contributed by atoms with E-state index >= 15 is 0 Å². The smallest absolute Gasteiger partial charge is 0.437 e. The van der Waals surface area contributed by atoms with E-state index in [0.717, 1.165) is 5.56 Å². The lowest BCUT2D eigenvalue weighted by Gasteiger charge is -1.99. The minimum absolute atomic E-state index is 0.170. The fourth-order valence-corrected chi connectivity index (χ4v) is 1.79. The third-order valence-corrected chi connectivity index (χ3v) is 2.84. The summed E-state index contributed by atoms with van der Waals surface area (Å²) in [6.07, 6.45) is 1.49. The zero-order chi connectivity index (χ0) is 13.2. The van der Waals surface area contributed by atoms with Crippen molar-refractivity contribution in [2.45, 2.75) is 6.54 Å². The largest absolute Gasteiger partial charge is 0.459 e. The van der Waals surface area contributed by atoms with E-state index in [1.165, 1.54) is 10.9 Å². The highest BCUT2D eigenvalue weighted by atomic mass is 35.5. The fourth-order valence-electron chi connectivity index (χ4n) is 1.67. The number of nitrogens with zero attached hydrogens (tertiary/aromatic N) is 2. The number of hydrogen-bond acceptors (Lipinski definition) is 4. The van der Waals surface area contributed by atoms with Crippen LogP contribution in [0.3, 0.4) is 0 Å². The number of halogens is 1. The zero-order valence-electron chi connectivity index (χ0n) is 9.75. The second-order valence-corrected chi connectivity index (χ2v) is 4.37. The Hall–Kier alpha value is -2.27. The van der Waals surface area contributed by atoms with Gasteiger partial charge in [0.05, 0.1) is 12.8 Å². The van der Waals surface area contributed by atoms with Gasteiger partial charge in [-0.2, -0.15) is 4.68 Å². The lowest BCUT2D eigenvalue weighted by molar-refractivity contribution is 0.476. The molecule has 1 aromatic carbocycles. The average Bonchev–Trinajstić information content (AvgIpc) is 3.03. The highest BCUT2D eigenvalue weighted by Gasteiger charge is 2.12. The van der Waals surface area contributed by atoms with Crippen LogP contribution in [0, 0.1) is 0 Å². The zero-order valence-corrected chi connectivity index (χ0v) is 10.5. The molecule has 0 atom stereocenters. The van der Waals surface area contributed by atoms with Crippen LogP contribution in [0.5, 0.6) is 0 Å². The molecule has 0 aliphatic heterocycles. The van der Waals surface area contributed by atoms with Gasteiger partial charge in [0.15, 0.2) is 5.76 Å². The average molecular weight is 277 g/mol. The summed E-state index contributed by atoms with van der Waals surface area (Å²) in [4.78, 5) is 11.7. The molecule has 2 heterocycles. The highest BCUT2D eigenvalue weighted by molar-refractivity contribution is 6.30. The van der Waals surface area contributed by atoms with Gasteiger partial charge in [0.25, 0.3) is 5.89 Å². The van der Waals surface area contributed by atoms with E-state index < -0.39 is 5.76 Å². The minimum Gasteiger partial charge on any atom is -0.459 e. The van der Waals surface area contributed by atoms with Gasteiger partial charge in [0.2, 0.25) is 0 Å². The van der Waals surface area contributed by atoms with E-state index in [9.17, 15) is 4.79 Å². The lowest BCUT2D eigenvalue weighted by Crippen LogP contribution is -2.16. The summed E-state index contributed by atoms with van der Waals surface area (Å²) in [5.41, 5.74) is 0.908. The van der Waals surface area contributed by atoms with Gasteiger partial charge in [-0.1, -0.05) is 23.7 Å². The molecule has 0 aliphatic carbocycles. The second-order valence-electron chi connectivity index (χ2n) is 3.93. The molecule has 0 fully saturated rings. The van der Waals surface area contributed by atoms with Crippen LogP contribution in [0.2, 0.25) is 5.02 Å². The maximum atomic E-state index is 11.7. The van der Waals surface area contributed by atoms with Crippen molar-refractivity contribution in [1.82, 2.24) is 9.78 Å². The second kappa shape index (κ2) is 4.78. The summed E-state index contributed by atoms with van der Waals surface area (Å²) >= 11 is 5.80. The molecule has 5 nitrogen and oxygen atoms in total. The normalized spacial score (nSPS) is 10.8. The van der Waals surface area contributed by atoms with E-state index in [0.29, 0.717) is 17.3 Å². The van der Waals surface area contributed by atoms with Crippen LogP contribution in [0.1, 0.15) is 5.56 Å². The van der Waals surface area contributed by atoms with E-state index in [2.05, 4.69) is 5.10 Å². The number of benzene rings is 1. The first-order chi connectivity index (χ1) is 9.22. The topological polar surface area (TPSA) is 61.2 Å². The van der Waals surface area contributed by atoms with Crippen molar-refractivity contribution in [2.24, 2.45) is 0 Å². The molecule has 0 bridgehead atoms. The van der Waals surface area contributed by atoms with Crippen LogP contribution in [0.15, 0.2) is 56.3 Å². The monoisotopic (exact) mass is 276 g/mol. The van der Waals surface area contributed by atoms with Crippen molar-refractivity contribution in [2.75, 3.05) is 0 Å². The van der Waals surface area contributed by atoms with E-state index in [1.54, 1.807) is 24.3 Å². The van der Waals surface area contributed by atoms with E-state index in [-0.39, 0.29) is 5.89 Å². The van der Waals surface area contributed by atoms with Gasteiger partial charge >= 0.3 is 5.76 Å². The summed E-state index contributed by atoms with van der Waals surface area (Å²) < 4.78 is 11.4. The molecule has 0 aliphatic rings. The van der Waals surface area contributed by atoms with Crippen molar-refractivity contribution >= 4 is 11.6 Å². The standard InChI is InChI=1S/C13H9ClN2O3/c14-10-5-3-9(4-6-10)8-16-13(17)19-12(15-16)11-2-1-7-18-11/h1-7H,8H2. The maximum absolute atomic E-state index is 11.7. The summed E-state index contributed by atoms with van der Waals surface area (Å²) in [5, 5.41) is 4.73. The predicted octanol–water partition coefficient (Wildman–Crippen LogP) is 2.80. The van der Waals surface area contributed by atoms with Gasteiger partial charge in [-0.05, 0) is 29.8 Å². The van der Waals surface area contributed by atoms with Crippen LogP contribution in [-0.4, -0.2) is 9.78 Å². The molecule has 0 amide bonds. The first-order valence-electron chi connectivity index (χ1n) is 5.58. The first-order valence-corrected chi connectivity index (χ1v) is 5.96. The Morgan fingerprint density at radius 2 is 2.00 bits per heavy atom. The predicted molar refractivity (Wildman–Crippen MR) is 69.0 cm³/mol. The van der Waals surface area contributed by atoms with Gasteiger partial charge in [-0.25, -0.2) is 4.79 Å². The molecule has 3 rings (SSSR count). The number of hydrogen-bond donors (Lipinski definition) is 0. The molecule has 2 aromatic heterocycles. The molecule has 96 valence electrons. The summed E-state index contributed by atoms with van der Waals surface area (Å²) in [7, 11) is 0. The Morgan fingerprint density at radius 3 is 2.68 bits per heavy atom. The highest BCUT2D eigenvalue weighted by Crippen LogP contribution is 2.15. The van der Waals surface area contributed by atoms with Crippen LogP contribution in [0.25, 0.3) is 11.7 Å². The van der Waals surface area contributed by atoms with Crippen LogP contribution in [-0.2, 0) is 6.54 Å². The van der Waals surface area contributed by atoms with Crippen LogP contribution < -0.4 is 5.76 Å². The van der Waals surface area contributed by atoms with Gasteiger partial charge in [0, 0.05) is 5.02 Å². The molecule has 0 unspecified atom stereocenters. The molecule has 6 heteroatoms. The quantitative estimate of drug-likeness (QED) is 0.738. The van der Waals surface area contributed by atoms with Crippen molar-refractivity contribution in [3.63, 3.8) is 0 Å². The molecule has 3 aromatic rings. The molecule has 0 saturated carbocycles. The lowest BCUT2D eigenvalue weighted by atomic mass is 10.2. The Morgan fingerprint density at radius 1 is 1.21 bits per heavy atom. The SMILES string of the molecule is O=c1oc(-c2ccco2)nn1Cc1ccc(Cl)cc1. The van der Waals surface area contributed by atoms with Crippen LogP contribution in [0.4, 0.5) is 0 Å². The Labute approximate surface area is 113 Å². The molecular formula is C13H9ClN2O3. The van der Waals surface area contributed by atoms with Crippen LogP contribution >= 0.6 is 11.6 Å². The molecule has 0 saturated heterocycles. The number of aromatic nitrogens is 2. The maximum Gasteiger partial charge on any atom is 0.437 e. The first kappa shape index (κ1) is 11.8. The van der Waals surface area contributed by atoms with Gasteiger partial charge in [0.1, 0.15) is 0 Å². The van der Waals surface area contributed by atoms with Crippen molar-refractivity contribution < 1.29 is 8.83 Å². The van der Waals surface area contributed by atoms with E-state index in [1.807, 2.05) is 12.1 Å². The van der Waals surface area contributed by atoms with Gasteiger partial charge in [-0.15, -0.1) is 5.10 Å². The molecule has 0 radical (unpaired) electrons. The van der Waals surface area contributed by atoms with Crippen molar-refractivity contribution in [3.8, 4) is 11.7 Å². The molecule has 19 heavy (non-hydrogen) atoms. The Kier molecular flexibility index (Phi) is 2.97. The van der Waals surface area contributed by atoms with Crippen molar-refractivity contribution in [1.29, 1.82) is 0 Å². The van der Waals surface area contributed by atoms with Gasteiger partial charge in [-0.3, -0.25) is 0 Å². The third-order valence-electron chi connectivity index (χ3n) is 2.58. The minimum atomic E-state index is -0.527. The fraction of sp³-hybridized carbons (Fsp3) is 0.0769. The molecule has 0 N–H and O–H groups in total. The molecule has 0 spiro atoms. The number of furan rings is 1. The third kappa shape index (κ3) is 2.46. The Bertz CT molecular complexity index is 726. The summed E-state index contributed by atoms with van der Waals surface area (Å²) in [6, 6.07) is 10.6. The summed E-state index contributed by atoms with van der Waals surface area (Å²) in [6.45, 7) is 0.320. The Balaban J connectivity index is 1.90. The van der Waals surface area contributed by atoms with Gasteiger partial charge < -0.3 is 8.83 Å². The van der Waals surface area contributed by atoms with E-state index in [4.69, 9.17) is 20.4 Å².